The summed E-state index contributed by atoms with van der Waals surface area (Å²) in [5.41, 5.74) is 2.55. The van der Waals surface area contributed by atoms with Crippen molar-refractivity contribution in [1.82, 2.24) is 34.8 Å². The number of morpholine rings is 1. The van der Waals surface area contributed by atoms with Gasteiger partial charge >= 0.3 is 6.09 Å². The molecule has 0 spiro atoms. The number of nitrogens with one attached hydrogen (secondary N) is 2. The molecule has 1 unspecified atom stereocenters. The first-order valence-corrected chi connectivity index (χ1v) is 14.3. The fourth-order valence-corrected chi connectivity index (χ4v) is 5.57. The third-order valence-corrected chi connectivity index (χ3v) is 7.59. The van der Waals surface area contributed by atoms with Crippen LogP contribution in [0.3, 0.4) is 0 Å². The lowest BCUT2D eigenvalue weighted by Gasteiger charge is -2.46. The number of aromatic nitrogens is 5. The molecule has 4 aromatic heterocycles. The Hall–Kier alpha value is -4.82. The first-order chi connectivity index (χ1) is 21.0. The summed E-state index contributed by atoms with van der Waals surface area (Å²) in [6, 6.07) is 7.31. The van der Waals surface area contributed by atoms with E-state index in [4.69, 9.17) is 9.47 Å². The highest BCUT2D eigenvalue weighted by atomic mass is 16.5. The van der Waals surface area contributed by atoms with Gasteiger partial charge in [-0.3, -0.25) is 14.7 Å². The van der Waals surface area contributed by atoms with E-state index < -0.39 is 17.6 Å². The molecule has 2 bridgehead atoms. The van der Waals surface area contributed by atoms with Gasteiger partial charge in [0.15, 0.2) is 5.82 Å². The van der Waals surface area contributed by atoms with Crippen molar-refractivity contribution < 1.29 is 29.3 Å². The van der Waals surface area contributed by atoms with Crippen LogP contribution >= 0.6 is 0 Å². The molecule has 4 N–H and O–H groups in total. The molecular formula is C30H34N8O6. The minimum atomic E-state index is -1.03. The molecule has 2 saturated heterocycles. The lowest BCUT2D eigenvalue weighted by molar-refractivity contribution is -0.0857. The molecule has 4 aromatic rings. The Balaban J connectivity index is 1.17. The van der Waals surface area contributed by atoms with Gasteiger partial charge in [-0.05, 0) is 44.5 Å². The summed E-state index contributed by atoms with van der Waals surface area (Å²) in [6.07, 6.45) is 6.38. The van der Waals surface area contributed by atoms with Crippen LogP contribution in [0.4, 0.5) is 16.4 Å². The Morgan fingerprint density at radius 1 is 1.07 bits per heavy atom. The number of pyridine rings is 2. The highest BCUT2D eigenvalue weighted by Crippen LogP contribution is 2.36. The molecule has 3 atom stereocenters. The Labute approximate surface area is 253 Å². The zero-order valence-electron chi connectivity index (χ0n) is 24.6. The van der Waals surface area contributed by atoms with Crippen LogP contribution in [-0.2, 0) is 4.74 Å². The normalized spacial score (nSPS) is 19.9. The predicted molar refractivity (Wildman–Crippen MR) is 159 cm³/mol. The quantitative estimate of drug-likeness (QED) is 0.233. The van der Waals surface area contributed by atoms with Gasteiger partial charge in [0.25, 0.3) is 5.91 Å². The van der Waals surface area contributed by atoms with Crippen LogP contribution in [0.15, 0.2) is 49.1 Å². The molecule has 6 heterocycles. The average Bonchev–Trinajstić information content (AvgIpc) is 3.37. The van der Waals surface area contributed by atoms with Crippen molar-refractivity contribution in [2.45, 2.75) is 57.4 Å². The second-order valence-corrected chi connectivity index (χ2v) is 11.8. The molecule has 2 aliphatic rings. The Kier molecular flexibility index (Phi) is 7.78. The number of piperidine rings is 1. The summed E-state index contributed by atoms with van der Waals surface area (Å²) >= 11 is 0. The van der Waals surface area contributed by atoms with E-state index in [2.05, 4.69) is 30.7 Å². The minimum absolute atomic E-state index is 0.0892. The number of hydrogen-bond acceptors (Lipinski definition) is 10. The Morgan fingerprint density at radius 3 is 2.52 bits per heavy atom. The molecule has 0 aromatic carbocycles. The van der Waals surface area contributed by atoms with Crippen LogP contribution in [-0.4, -0.2) is 95.2 Å². The topological polar surface area (TPSA) is 176 Å². The molecule has 2 amide bonds. The standard InChI is InChI=1S/C30H34N8O6/c1-17-6-23(25(12-31-17)44-22-8-20-14-43-15-21(9-22)38(20)29(40)41)18-4-5-37-19(7-18)10-26(36-37)35-27-13-32-24(11-33-27)28(39)34-16-30(2,3)42/h4-7,10-13,20-22,42H,8-9,14-16H2,1-3H3,(H,34,39)(H,40,41)(H,33,35,36)/t20-,21+,22?. The highest BCUT2D eigenvalue weighted by molar-refractivity contribution is 5.92. The van der Waals surface area contributed by atoms with Crippen molar-refractivity contribution in [3.63, 3.8) is 0 Å². The SMILES string of the molecule is Cc1cc(-c2ccn3nc(Nc4cnc(C(=O)NCC(C)(C)O)cn4)cc3c2)c(OC2C[C@H]3COC[C@@H](C2)N3C(=O)O)cn1. The average molecular weight is 603 g/mol. The van der Waals surface area contributed by atoms with Gasteiger partial charge < -0.3 is 30.3 Å². The minimum Gasteiger partial charge on any atom is -0.488 e. The maximum absolute atomic E-state index is 12.3. The molecule has 14 nitrogen and oxygen atoms in total. The van der Waals surface area contributed by atoms with E-state index in [9.17, 15) is 19.8 Å². The Bertz CT molecular complexity index is 1670. The number of carboxylic acid groups (broad SMARTS) is 1. The van der Waals surface area contributed by atoms with E-state index in [1.54, 1.807) is 24.6 Å². The molecule has 44 heavy (non-hydrogen) atoms. The van der Waals surface area contributed by atoms with Crippen LogP contribution in [0, 0.1) is 6.92 Å². The van der Waals surface area contributed by atoms with Crippen LogP contribution in [0.2, 0.25) is 0 Å². The number of aliphatic hydroxyl groups is 1. The number of rotatable bonds is 8. The number of carbonyl (C=O) groups excluding carboxylic acids is 1. The monoisotopic (exact) mass is 602 g/mol. The van der Waals surface area contributed by atoms with Gasteiger partial charge in [-0.15, -0.1) is 0 Å². The third-order valence-electron chi connectivity index (χ3n) is 7.59. The zero-order chi connectivity index (χ0) is 31.0. The number of ether oxygens (including phenoxy) is 2. The molecule has 2 aliphatic heterocycles. The first kappa shape index (κ1) is 29.3. The molecular weight excluding hydrogens is 568 g/mol. The van der Waals surface area contributed by atoms with Crippen molar-refractivity contribution in [2.24, 2.45) is 0 Å². The van der Waals surface area contributed by atoms with E-state index in [0.29, 0.717) is 43.4 Å². The second kappa shape index (κ2) is 11.7. The summed E-state index contributed by atoms with van der Waals surface area (Å²) in [5.74, 6) is 1.16. The molecule has 0 aliphatic carbocycles. The molecule has 0 radical (unpaired) electrons. The number of fused-ring (bicyclic) bond motifs is 3. The molecule has 2 fully saturated rings. The van der Waals surface area contributed by atoms with Crippen molar-refractivity contribution in [1.29, 1.82) is 0 Å². The number of anilines is 2. The number of aryl methyl sites for hydroxylation is 1. The van der Waals surface area contributed by atoms with E-state index in [1.807, 2.05) is 37.4 Å². The molecule has 0 saturated carbocycles. The Morgan fingerprint density at radius 2 is 1.84 bits per heavy atom. The van der Waals surface area contributed by atoms with Gasteiger partial charge in [-0.2, -0.15) is 5.10 Å². The van der Waals surface area contributed by atoms with Gasteiger partial charge in [-0.1, -0.05) is 0 Å². The number of amides is 2. The summed E-state index contributed by atoms with van der Waals surface area (Å²) in [4.78, 5) is 38.5. The van der Waals surface area contributed by atoms with E-state index in [-0.39, 0.29) is 30.4 Å². The smallest absolute Gasteiger partial charge is 0.407 e. The largest absolute Gasteiger partial charge is 0.488 e. The summed E-state index contributed by atoms with van der Waals surface area (Å²) in [5, 5.41) is 29.8. The summed E-state index contributed by atoms with van der Waals surface area (Å²) in [7, 11) is 0. The van der Waals surface area contributed by atoms with Gasteiger partial charge in [0.1, 0.15) is 23.4 Å². The van der Waals surface area contributed by atoms with E-state index >= 15 is 0 Å². The van der Waals surface area contributed by atoms with E-state index in [0.717, 1.165) is 22.3 Å². The van der Waals surface area contributed by atoms with Crippen LogP contribution in [0.1, 0.15) is 42.9 Å². The molecule has 6 rings (SSSR count). The van der Waals surface area contributed by atoms with E-state index in [1.165, 1.54) is 17.3 Å². The second-order valence-electron chi connectivity index (χ2n) is 11.8. The fraction of sp³-hybridized carbons (Fsp3) is 0.400. The summed E-state index contributed by atoms with van der Waals surface area (Å²) in [6.45, 7) is 5.94. The number of hydrogen-bond donors (Lipinski definition) is 4. The molecule has 230 valence electrons. The van der Waals surface area contributed by atoms with Crippen LogP contribution < -0.4 is 15.4 Å². The highest BCUT2D eigenvalue weighted by Gasteiger charge is 2.42. The van der Waals surface area contributed by atoms with Gasteiger partial charge in [0, 0.05) is 42.9 Å². The number of carbonyl (C=O) groups is 2. The van der Waals surface area contributed by atoms with Crippen molar-refractivity contribution in [3.8, 4) is 16.9 Å². The van der Waals surface area contributed by atoms with Gasteiger partial charge in [-0.25, -0.2) is 19.3 Å². The lowest BCUT2D eigenvalue weighted by atomic mass is 9.92. The predicted octanol–water partition coefficient (Wildman–Crippen LogP) is 3.03. The maximum Gasteiger partial charge on any atom is 0.407 e. The van der Waals surface area contributed by atoms with Crippen molar-refractivity contribution in [3.05, 3.63) is 60.4 Å². The molecule has 14 heteroatoms. The zero-order valence-corrected chi connectivity index (χ0v) is 24.6. The van der Waals surface area contributed by atoms with Crippen LogP contribution in [0.25, 0.3) is 16.6 Å². The van der Waals surface area contributed by atoms with Gasteiger partial charge in [0.2, 0.25) is 0 Å². The van der Waals surface area contributed by atoms with Crippen LogP contribution in [0.5, 0.6) is 5.75 Å². The lowest BCUT2D eigenvalue weighted by Crippen LogP contribution is -2.60. The number of nitrogens with zero attached hydrogens (tertiary/aromatic N) is 6. The summed E-state index contributed by atoms with van der Waals surface area (Å²) < 4.78 is 13.8. The van der Waals surface area contributed by atoms with Crippen molar-refractivity contribution in [2.75, 3.05) is 25.1 Å². The van der Waals surface area contributed by atoms with Crippen molar-refractivity contribution >= 4 is 29.2 Å². The third kappa shape index (κ3) is 6.40. The first-order valence-electron chi connectivity index (χ1n) is 14.3. The fourth-order valence-electron chi connectivity index (χ4n) is 5.57. The van der Waals surface area contributed by atoms with Gasteiger partial charge in [0.05, 0.1) is 55.0 Å². The maximum atomic E-state index is 12.3.